The Kier molecular flexibility index (Phi) is 10.1. The molecular formula is C25H46N6O3. The van der Waals surface area contributed by atoms with E-state index in [9.17, 15) is 4.79 Å². The molecule has 3 heterocycles. The number of carbonyl (C=O) groups excluding carboxylic acids is 1. The van der Waals surface area contributed by atoms with E-state index in [1.165, 1.54) is 32.1 Å². The molecule has 34 heavy (non-hydrogen) atoms. The van der Waals surface area contributed by atoms with E-state index in [1.54, 1.807) is 0 Å². The minimum Gasteiger partial charge on any atom is -0.358 e. The normalized spacial score (nSPS) is 30.5. The number of rotatable bonds is 13. The minimum absolute atomic E-state index is 0.140. The summed E-state index contributed by atoms with van der Waals surface area (Å²) >= 11 is 0. The lowest BCUT2D eigenvalue weighted by Crippen LogP contribution is -2.60. The van der Waals surface area contributed by atoms with Crippen molar-refractivity contribution in [1.29, 1.82) is 0 Å². The molecule has 1 saturated carbocycles. The predicted molar refractivity (Wildman–Crippen MR) is 134 cm³/mol. The Bertz CT molecular complexity index is 671. The molecule has 0 bridgehead atoms. The second-order valence-electron chi connectivity index (χ2n) is 10.6. The van der Waals surface area contributed by atoms with E-state index in [-0.39, 0.29) is 30.3 Å². The summed E-state index contributed by atoms with van der Waals surface area (Å²) in [6.07, 6.45) is 8.76. The fourth-order valence-corrected chi connectivity index (χ4v) is 5.84. The van der Waals surface area contributed by atoms with Gasteiger partial charge in [-0.2, -0.15) is 0 Å². The maximum atomic E-state index is 13.1. The molecule has 0 aromatic heterocycles. The summed E-state index contributed by atoms with van der Waals surface area (Å²) in [7, 11) is 2.17. The van der Waals surface area contributed by atoms with Gasteiger partial charge in [-0.15, -0.1) is 0 Å². The lowest BCUT2D eigenvalue weighted by Gasteiger charge is -2.34. The standard InChI is InChI=1S/C25H46N6O3/c1-3-11-31(2)12-7-6-10-22-29-21(16-33-22)24(32)30-25(34-15-18-8-4-5-9-18)19-13-27-20-14-26-17-28-23(19)20/h18-20,22-23,25-28H,3-17H2,1-2H3,(H,30,32). The topological polar surface area (TPSA) is 99.3 Å². The zero-order valence-electron chi connectivity index (χ0n) is 21.2. The summed E-state index contributed by atoms with van der Waals surface area (Å²) < 4.78 is 12.2. The second-order valence-corrected chi connectivity index (χ2v) is 10.6. The van der Waals surface area contributed by atoms with Crippen molar-refractivity contribution in [3.05, 3.63) is 0 Å². The van der Waals surface area contributed by atoms with Gasteiger partial charge in [-0.3, -0.25) is 15.1 Å². The Hall–Kier alpha value is -1.10. The molecule has 2 saturated heterocycles. The zero-order chi connectivity index (χ0) is 23.8. The summed E-state index contributed by atoms with van der Waals surface area (Å²) in [6.45, 7) is 8.01. The monoisotopic (exact) mass is 478 g/mol. The average molecular weight is 479 g/mol. The van der Waals surface area contributed by atoms with Crippen LogP contribution in [0.3, 0.4) is 0 Å². The van der Waals surface area contributed by atoms with E-state index in [1.807, 2.05) is 0 Å². The molecule has 0 aromatic carbocycles. The molecule has 3 fully saturated rings. The van der Waals surface area contributed by atoms with Crippen LogP contribution in [0.1, 0.15) is 58.3 Å². The highest BCUT2D eigenvalue weighted by molar-refractivity contribution is 6.39. The molecule has 0 spiro atoms. The van der Waals surface area contributed by atoms with Crippen LogP contribution in [0.25, 0.3) is 0 Å². The van der Waals surface area contributed by atoms with Crippen LogP contribution in [0.15, 0.2) is 4.99 Å². The van der Waals surface area contributed by atoms with E-state index in [4.69, 9.17) is 9.47 Å². The van der Waals surface area contributed by atoms with Crippen LogP contribution in [0, 0.1) is 11.8 Å². The first kappa shape index (κ1) is 26.0. The number of aliphatic imine (C=N–C) groups is 1. The van der Waals surface area contributed by atoms with Crippen molar-refractivity contribution in [3.63, 3.8) is 0 Å². The van der Waals surface area contributed by atoms with Crippen molar-refractivity contribution in [2.45, 2.75) is 82.8 Å². The Morgan fingerprint density at radius 2 is 2.09 bits per heavy atom. The van der Waals surface area contributed by atoms with Crippen molar-refractivity contribution >= 4 is 11.6 Å². The van der Waals surface area contributed by atoms with Gasteiger partial charge in [0.05, 0.1) is 13.2 Å². The number of hydrogen-bond acceptors (Lipinski definition) is 8. The first-order valence-corrected chi connectivity index (χ1v) is 13.6. The molecule has 9 heteroatoms. The van der Waals surface area contributed by atoms with Crippen molar-refractivity contribution < 1.29 is 14.3 Å². The maximum Gasteiger partial charge on any atom is 0.269 e. The number of amides is 1. The Morgan fingerprint density at radius 1 is 1.24 bits per heavy atom. The van der Waals surface area contributed by atoms with Crippen LogP contribution in [-0.4, -0.2) is 94.2 Å². The van der Waals surface area contributed by atoms with E-state index in [0.717, 1.165) is 58.7 Å². The summed E-state index contributed by atoms with van der Waals surface area (Å²) in [5, 5.41) is 13.7. The molecule has 0 radical (unpaired) electrons. The van der Waals surface area contributed by atoms with E-state index >= 15 is 0 Å². The quantitative estimate of drug-likeness (QED) is 0.232. The highest BCUT2D eigenvalue weighted by atomic mass is 16.5. The summed E-state index contributed by atoms with van der Waals surface area (Å²) in [5.74, 6) is 0.661. The van der Waals surface area contributed by atoms with Crippen LogP contribution in [0.2, 0.25) is 0 Å². The van der Waals surface area contributed by atoms with E-state index in [2.05, 4.69) is 45.1 Å². The fraction of sp³-hybridized carbons (Fsp3) is 0.920. The molecule has 194 valence electrons. The lowest BCUT2D eigenvalue weighted by molar-refractivity contribution is -0.122. The number of carbonyl (C=O) groups is 1. The summed E-state index contributed by atoms with van der Waals surface area (Å²) in [4.78, 5) is 20.1. The minimum atomic E-state index is -0.322. The third kappa shape index (κ3) is 7.21. The average Bonchev–Trinajstić information content (AvgIpc) is 3.60. The molecule has 5 atom stereocenters. The fourth-order valence-electron chi connectivity index (χ4n) is 5.84. The van der Waals surface area contributed by atoms with Crippen molar-refractivity contribution in [2.75, 3.05) is 53.1 Å². The predicted octanol–water partition coefficient (Wildman–Crippen LogP) is 1.05. The van der Waals surface area contributed by atoms with Crippen molar-refractivity contribution in [2.24, 2.45) is 16.8 Å². The highest BCUT2D eigenvalue weighted by Gasteiger charge is 2.43. The molecule has 0 aromatic rings. The van der Waals surface area contributed by atoms with Gasteiger partial charge in [0.25, 0.3) is 5.91 Å². The Balaban J connectivity index is 1.28. The molecule has 1 amide bonds. The number of unbranched alkanes of at least 4 members (excludes halogenated alkanes) is 1. The van der Waals surface area contributed by atoms with E-state index < -0.39 is 0 Å². The number of ether oxygens (including phenoxy) is 2. The van der Waals surface area contributed by atoms with Crippen molar-refractivity contribution in [3.8, 4) is 0 Å². The lowest BCUT2D eigenvalue weighted by atomic mass is 9.95. The van der Waals surface area contributed by atoms with Gasteiger partial charge in [0.15, 0.2) is 0 Å². The van der Waals surface area contributed by atoms with Gasteiger partial charge in [-0.05, 0) is 64.6 Å². The largest absolute Gasteiger partial charge is 0.358 e. The molecule has 5 unspecified atom stereocenters. The first-order valence-electron chi connectivity index (χ1n) is 13.6. The van der Waals surface area contributed by atoms with Gasteiger partial charge in [0.2, 0.25) is 0 Å². The van der Waals surface area contributed by atoms with E-state index in [0.29, 0.717) is 24.3 Å². The smallest absolute Gasteiger partial charge is 0.269 e. The number of nitrogens with zero attached hydrogens (tertiary/aromatic N) is 2. The van der Waals surface area contributed by atoms with Crippen LogP contribution < -0.4 is 21.3 Å². The highest BCUT2D eigenvalue weighted by Crippen LogP contribution is 2.27. The van der Waals surface area contributed by atoms with Crippen molar-refractivity contribution in [1.82, 2.24) is 26.2 Å². The number of nitrogens with one attached hydrogen (secondary N) is 4. The molecule has 3 aliphatic heterocycles. The second kappa shape index (κ2) is 13.3. The number of fused-ring (bicyclic) bond motifs is 1. The Morgan fingerprint density at radius 3 is 2.91 bits per heavy atom. The SMILES string of the molecule is CCCN(C)CCCCC1N=C(C(=O)NC(OCC2CCCC2)C2CNC3CNCNC32)CO1. The van der Waals surface area contributed by atoms with Gasteiger partial charge in [-0.25, -0.2) is 0 Å². The molecule has 4 rings (SSSR count). The van der Waals surface area contributed by atoms with Gasteiger partial charge in [0, 0.05) is 37.8 Å². The van der Waals surface area contributed by atoms with Crippen LogP contribution >= 0.6 is 0 Å². The van der Waals surface area contributed by atoms with Gasteiger partial charge >= 0.3 is 0 Å². The molecule has 4 aliphatic rings. The van der Waals surface area contributed by atoms with Crippen LogP contribution in [-0.2, 0) is 14.3 Å². The van der Waals surface area contributed by atoms with Crippen LogP contribution in [0.5, 0.6) is 0 Å². The van der Waals surface area contributed by atoms with Gasteiger partial charge in [0.1, 0.15) is 18.2 Å². The summed E-state index contributed by atoms with van der Waals surface area (Å²) in [5.41, 5.74) is 0.503. The first-order chi connectivity index (χ1) is 16.6. The van der Waals surface area contributed by atoms with Gasteiger partial charge in [-0.1, -0.05) is 19.8 Å². The van der Waals surface area contributed by atoms with Gasteiger partial charge < -0.3 is 30.3 Å². The molecule has 9 nitrogen and oxygen atoms in total. The third-order valence-corrected chi connectivity index (χ3v) is 7.81. The number of hydrogen-bond donors (Lipinski definition) is 4. The summed E-state index contributed by atoms with van der Waals surface area (Å²) in [6, 6.07) is 0.650. The van der Waals surface area contributed by atoms with Crippen LogP contribution in [0.4, 0.5) is 0 Å². The maximum absolute atomic E-state index is 13.1. The molecule has 4 N–H and O–H groups in total. The Labute approximate surface area is 205 Å². The zero-order valence-corrected chi connectivity index (χ0v) is 21.2. The molecular weight excluding hydrogens is 432 g/mol. The molecule has 1 aliphatic carbocycles. The third-order valence-electron chi connectivity index (χ3n) is 7.81.